The maximum absolute atomic E-state index is 4.42. The van der Waals surface area contributed by atoms with Gasteiger partial charge < -0.3 is 5.32 Å². The third-order valence-electron chi connectivity index (χ3n) is 2.85. The molecule has 1 rings (SSSR count). The molecule has 0 saturated heterocycles. The van der Waals surface area contributed by atoms with Crippen LogP contribution in [0.15, 0.2) is 54.8 Å². The van der Waals surface area contributed by atoms with Gasteiger partial charge in [-0.1, -0.05) is 44.2 Å². The molecule has 0 amide bonds. The summed E-state index contributed by atoms with van der Waals surface area (Å²) in [6.07, 6.45) is 11.5. The molecule has 102 valence electrons. The Hall–Kier alpha value is -1.67. The van der Waals surface area contributed by atoms with Gasteiger partial charge in [0.05, 0.1) is 5.69 Å². The lowest BCUT2D eigenvalue weighted by Crippen LogP contribution is -2.08. The highest BCUT2D eigenvalue weighted by Gasteiger charge is 2.05. The molecule has 0 atom stereocenters. The Morgan fingerprint density at radius 2 is 2.26 bits per heavy atom. The highest BCUT2D eigenvalue weighted by atomic mass is 14.8. The lowest BCUT2D eigenvalue weighted by Gasteiger charge is -2.09. The SMILES string of the molecule is C=C(CCNC)/C(=C\C=C/CCC)c1ccccn1. The minimum atomic E-state index is 0.931. The second-order valence-electron chi connectivity index (χ2n) is 4.47. The highest BCUT2D eigenvalue weighted by Crippen LogP contribution is 2.22. The zero-order valence-corrected chi connectivity index (χ0v) is 12.0. The molecule has 0 saturated carbocycles. The van der Waals surface area contributed by atoms with Crippen molar-refractivity contribution >= 4 is 5.57 Å². The Kier molecular flexibility index (Phi) is 7.52. The van der Waals surface area contributed by atoms with Crippen molar-refractivity contribution < 1.29 is 0 Å². The summed E-state index contributed by atoms with van der Waals surface area (Å²) in [5.74, 6) is 0. The summed E-state index contributed by atoms with van der Waals surface area (Å²) >= 11 is 0. The smallest absolute Gasteiger partial charge is 0.0704 e. The van der Waals surface area contributed by atoms with Gasteiger partial charge in [-0.15, -0.1) is 0 Å². The molecule has 0 aliphatic rings. The van der Waals surface area contributed by atoms with Crippen molar-refractivity contribution in [3.05, 3.63) is 60.5 Å². The predicted octanol–water partition coefficient (Wildman–Crippen LogP) is 3.99. The normalized spacial score (nSPS) is 12.0. The zero-order valence-electron chi connectivity index (χ0n) is 12.0. The van der Waals surface area contributed by atoms with E-state index in [0.717, 1.165) is 36.2 Å². The molecule has 0 aromatic carbocycles. The number of pyridine rings is 1. The molecule has 0 unspecified atom stereocenters. The van der Waals surface area contributed by atoms with E-state index >= 15 is 0 Å². The van der Waals surface area contributed by atoms with Crippen molar-refractivity contribution in [3.8, 4) is 0 Å². The Labute approximate surface area is 117 Å². The molecule has 0 spiro atoms. The van der Waals surface area contributed by atoms with E-state index < -0.39 is 0 Å². The van der Waals surface area contributed by atoms with Crippen LogP contribution in [0.2, 0.25) is 0 Å². The molecule has 2 heteroatoms. The van der Waals surface area contributed by atoms with Crippen LogP contribution in [0.5, 0.6) is 0 Å². The van der Waals surface area contributed by atoms with Gasteiger partial charge in [0.25, 0.3) is 0 Å². The van der Waals surface area contributed by atoms with E-state index in [9.17, 15) is 0 Å². The second kappa shape index (κ2) is 9.29. The number of unbranched alkanes of at least 4 members (excludes halogenated alkanes) is 1. The van der Waals surface area contributed by atoms with Crippen LogP contribution < -0.4 is 5.32 Å². The lowest BCUT2D eigenvalue weighted by molar-refractivity contribution is 0.797. The van der Waals surface area contributed by atoms with Crippen LogP contribution in [0.1, 0.15) is 31.9 Å². The number of aromatic nitrogens is 1. The van der Waals surface area contributed by atoms with E-state index in [0.29, 0.717) is 0 Å². The minimum Gasteiger partial charge on any atom is -0.319 e. The van der Waals surface area contributed by atoms with Crippen molar-refractivity contribution in [2.75, 3.05) is 13.6 Å². The van der Waals surface area contributed by atoms with Gasteiger partial charge >= 0.3 is 0 Å². The molecular weight excluding hydrogens is 232 g/mol. The zero-order chi connectivity index (χ0) is 13.9. The highest BCUT2D eigenvalue weighted by molar-refractivity contribution is 5.77. The maximum atomic E-state index is 4.42. The van der Waals surface area contributed by atoms with E-state index in [1.807, 2.05) is 31.4 Å². The molecule has 1 aromatic heterocycles. The molecule has 1 heterocycles. The van der Waals surface area contributed by atoms with Crippen LogP contribution in [0.3, 0.4) is 0 Å². The summed E-state index contributed by atoms with van der Waals surface area (Å²) in [7, 11) is 1.96. The van der Waals surface area contributed by atoms with E-state index in [1.54, 1.807) is 0 Å². The number of allylic oxidation sites excluding steroid dienone is 4. The summed E-state index contributed by atoms with van der Waals surface area (Å²) < 4.78 is 0. The van der Waals surface area contributed by atoms with Crippen molar-refractivity contribution in [2.24, 2.45) is 0 Å². The molecule has 0 aliphatic carbocycles. The first-order chi connectivity index (χ1) is 9.29. The summed E-state index contributed by atoms with van der Waals surface area (Å²) in [5, 5.41) is 3.15. The molecule has 2 nitrogen and oxygen atoms in total. The van der Waals surface area contributed by atoms with E-state index in [2.05, 4.69) is 42.0 Å². The fourth-order valence-corrected chi connectivity index (χ4v) is 1.74. The van der Waals surface area contributed by atoms with Gasteiger partial charge in [-0.2, -0.15) is 0 Å². The quantitative estimate of drug-likeness (QED) is 0.711. The molecule has 0 bridgehead atoms. The van der Waals surface area contributed by atoms with Crippen molar-refractivity contribution in [1.82, 2.24) is 10.3 Å². The van der Waals surface area contributed by atoms with Crippen LogP contribution in [0.25, 0.3) is 5.57 Å². The van der Waals surface area contributed by atoms with Crippen LogP contribution >= 0.6 is 0 Å². The van der Waals surface area contributed by atoms with Gasteiger partial charge in [0.15, 0.2) is 0 Å². The van der Waals surface area contributed by atoms with Crippen molar-refractivity contribution in [2.45, 2.75) is 26.2 Å². The Balaban J connectivity index is 2.88. The van der Waals surface area contributed by atoms with Gasteiger partial charge in [0, 0.05) is 11.8 Å². The van der Waals surface area contributed by atoms with Gasteiger partial charge in [0.2, 0.25) is 0 Å². The average Bonchev–Trinajstić information content (AvgIpc) is 2.46. The molecule has 19 heavy (non-hydrogen) atoms. The predicted molar refractivity (Wildman–Crippen MR) is 83.9 cm³/mol. The molecule has 1 aromatic rings. The van der Waals surface area contributed by atoms with E-state index in [1.165, 1.54) is 6.42 Å². The second-order valence-corrected chi connectivity index (χ2v) is 4.47. The first kappa shape index (κ1) is 15.4. The largest absolute Gasteiger partial charge is 0.319 e. The van der Waals surface area contributed by atoms with Gasteiger partial charge in [-0.25, -0.2) is 0 Å². The topological polar surface area (TPSA) is 24.9 Å². The first-order valence-electron chi connectivity index (χ1n) is 6.90. The third-order valence-corrected chi connectivity index (χ3v) is 2.85. The molecule has 1 N–H and O–H groups in total. The summed E-state index contributed by atoms with van der Waals surface area (Å²) in [6, 6.07) is 5.98. The van der Waals surface area contributed by atoms with E-state index in [4.69, 9.17) is 0 Å². The number of nitrogens with one attached hydrogen (secondary N) is 1. The number of hydrogen-bond donors (Lipinski definition) is 1. The number of rotatable bonds is 8. The summed E-state index contributed by atoms with van der Waals surface area (Å²) in [4.78, 5) is 4.42. The summed E-state index contributed by atoms with van der Waals surface area (Å²) in [5.41, 5.74) is 3.24. The fraction of sp³-hybridized carbons (Fsp3) is 0.353. The summed E-state index contributed by atoms with van der Waals surface area (Å²) in [6.45, 7) is 7.30. The average molecular weight is 256 g/mol. The van der Waals surface area contributed by atoms with Crippen LogP contribution in [0, 0.1) is 0 Å². The Morgan fingerprint density at radius 3 is 2.89 bits per heavy atom. The fourth-order valence-electron chi connectivity index (χ4n) is 1.74. The number of hydrogen-bond acceptors (Lipinski definition) is 2. The molecule has 0 aliphatic heterocycles. The Morgan fingerprint density at radius 1 is 1.42 bits per heavy atom. The van der Waals surface area contributed by atoms with Gasteiger partial charge in [-0.05, 0) is 44.1 Å². The first-order valence-corrected chi connectivity index (χ1v) is 6.90. The van der Waals surface area contributed by atoms with E-state index in [-0.39, 0.29) is 0 Å². The van der Waals surface area contributed by atoms with Gasteiger partial charge in [0.1, 0.15) is 0 Å². The van der Waals surface area contributed by atoms with Crippen LogP contribution in [-0.4, -0.2) is 18.6 Å². The Bertz CT molecular complexity index is 430. The van der Waals surface area contributed by atoms with Gasteiger partial charge in [-0.3, -0.25) is 4.98 Å². The van der Waals surface area contributed by atoms with Crippen molar-refractivity contribution in [3.63, 3.8) is 0 Å². The van der Waals surface area contributed by atoms with Crippen molar-refractivity contribution in [1.29, 1.82) is 0 Å². The standard InChI is InChI=1S/C17H24N2/c1-4-5-6-7-10-16(15(2)12-14-18-3)17-11-8-9-13-19-17/h6-11,13,18H,2,4-5,12,14H2,1,3H3/b7-6-,16-10+. The van der Waals surface area contributed by atoms with Crippen LogP contribution in [-0.2, 0) is 0 Å². The number of nitrogens with zero attached hydrogens (tertiary/aromatic N) is 1. The molecule has 0 fully saturated rings. The minimum absolute atomic E-state index is 0.931. The van der Waals surface area contributed by atoms with Crippen LogP contribution in [0.4, 0.5) is 0 Å². The molecule has 0 radical (unpaired) electrons. The third kappa shape index (κ3) is 5.66. The molecular formula is C17H24N2. The monoisotopic (exact) mass is 256 g/mol. The maximum Gasteiger partial charge on any atom is 0.0704 e. The lowest BCUT2D eigenvalue weighted by atomic mass is 10.00.